The van der Waals surface area contributed by atoms with E-state index in [1.807, 2.05) is 23.1 Å². The summed E-state index contributed by atoms with van der Waals surface area (Å²) in [6.07, 6.45) is 2.83. The zero-order valence-electron chi connectivity index (χ0n) is 13.5. The molecule has 1 heterocycles. The van der Waals surface area contributed by atoms with Crippen molar-refractivity contribution in [3.8, 4) is 0 Å². The van der Waals surface area contributed by atoms with Gasteiger partial charge in [0, 0.05) is 41.4 Å². The molecule has 0 aliphatic carbocycles. The van der Waals surface area contributed by atoms with E-state index in [-0.39, 0.29) is 19.8 Å². The molecule has 0 saturated heterocycles. The molecule has 130 valence electrons. The van der Waals surface area contributed by atoms with Crippen molar-refractivity contribution in [3.63, 3.8) is 0 Å². The van der Waals surface area contributed by atoms with Crippen molar-refractivity contribution in [1.82, 2.24) is 0 Å². The van der Waals surface area contributed by atoms with Crippen LogP contribution in [0.2, 0.25) is 0 Å². The molecule has 5 N–H and O–H groups in total. The Bertz CT molecular complexity index is 648. The highest BCUT2D eigenvalue weighted by molar-refractivity contribution is 8.12. The van der Waals surface area contributed by atoms with Crippen LogP contribution >= 0.6 is 11.8 Å². The maximum atomic E-state index is 9.19. The molecule has 7 heteroatoms. The molecule has 1 aromatic rings. The van der Waals surface area contributed by atoms with Crippen LogP contribution in [-0.2, 0) is 0 Å². The highest BCUT2D eigenvalue weighted by Crippen LogP contribution is 2.43. The predicted molar refractivity (Wildman–Crippen MR) is 100 cm³/mol. The van der Waals surface area contributed by atoms with Gasteiger partial charge in [-0.05, 0) is 24.1 Å². The Kier molecular flexibility index (Phi) is 7.36. The Morgan fingerprint density at radius 2 is 1.92 bits per heavy atom. The summed E-state index contributed by atoms with van der Waals surface area (Å²) in [4.78, 5) is 7.99. The van der Waals surface area contributed by atoms with E-state index in [1.165, 1.54) is 0 Å². The molecule has 0 bridgehead atoms. The quantitative estimate of drug-likeness (QED) is 0.414. The van der Waals surface area contributed by atoms with Crippen molar-refractivity contribution in [2.45, 2.75) is 6.42 Å². The van der Waals surface area contributed by atoms with Gasteiger partial charge in [-0.25, -0.2) is 4.99 Å². The average Bonchev–Trinajstić information content (AvgIpc) is 3.04. The number of anilines is 2. The van der Waals surface area contributed by atoms with Crippen molar-refractivity contribution in [3.05, 3.63) is 34.7 Å². The standard InChI is InChI=1S/C17H23N3O3S/c18-16-3-1-13(20(6-9-22)7-10-23)11-15(16)17-4-2-14(24-17)12-19-5-8-21/h1,3-4,11,21-23H,2,5-10,18H2. The smallest absolute Gasteiger partial charge is 0.0715 e. The summed E-state index contributed by atoms with van der Waals surface area (Å²) in [5.41, 5.74) is 8.65. The monoisotopic (exact) mass is 349 g/mol. The van der Waals surface area contributed by atoms with Gasteiger partial charge in [-0.1, -0.05) is 17.8 Å². The van der Waals surface area contributed by atoms with E-state index in [9.17, 15) is 10.2 Å². The van der Waals surface area contributed by atoms with Gasteiger partial charge in [0.1, 0.15) is 0 Å². The second kappa shape index (κ2) is 9.52. The molecule has 1 aliphatic heterocycles. The van der Waals surface area contributed by atoms with E-state index in [4.69, 9.17) is 10.8 Å². The molecule has 0 amide bonds. The largest absolute Gasteiger partial charge is 0.398 e. The number of nitrogen functional groups attached to an aromatic ring is 1. The molecule has 24 heavy (non-hydrogen) atoms. The lowest BCUT2D eigenvalue weighted by Crippen LogP contribution is -2.29. The van der Waals surface area contributed by atoms with Gasteiger partial charge in [0.25, 0.3) is 0 Å². The first-order valence-electron chi connectivity index (χ1n) is 7.83. The van der Waals surface area contributed by atoms with Gasteiger partial charge in [-0.2, -0.15) is 0 Å². The number of aliphatic imine (C=N–C) groups is 1. The average molecular weight is 349 g/mol. The molecule has 1 aliphatic rings. The third kappa shape index (κ3) is 4.87. The second-order valence-electron chi connectivity index (χ2n) is 5.22. The molecule has 0 spiro atoms. The maximum absolute atomic E-state index is 9.19. The van der Waals surface area contributed by atoms with Crippen LogP contribution in [0, 0.1) is 0 Å². The van der Waals surface area contributed by atoms with Crippen LogP contribution in [0.4, 0.5) is 11.4 Å². The second-order valence-corrected chi connectivity index (χ2v) is 6.36. The van der Waals surface area contributed by atoms with E-state index in [1.54, 1.807) is 11.8 Å². The minimum Gasteiger partial charge on any atom is -0.398 e. The van der Waals surface area contributed by atoms with Gasteiger partial charge in [-0.3, -0.25) is 0 Å². The minimum atomic E-state index is 0.0192. The number of rotatable bonds is 8. The number of thioether (sulfide) groups is 1. The third-order valence-corrected chi connectivity index (χ3v) is 4.64. The molecule has 0 fully saturated rings. The zero-order chi connectivity index (χ0) is 17.4. The number of aliphatic hydroxyl groups is 3. The van der Waals surface area contributed by atoms with Gasteiger partial charge in [0.15, 0.2) is 0 Å². The predicted octanol–water partition coefficient (Wildman–Crippen LogP) is 1.08. The topological polar surface area (TPSA) is 102 Å². The van der Waals surface area contributed by atoms with E-state index in [0.29, 0.717) is 25.3 Å². The first kappa shape index (κ1) is 18.6. The summed E-state index contributed by atoms with van der Waals surface area (Å²) < 4.78 is 0. The zero-order valence-corrected chi connectivity index (χ0v) is 14.3. The van der Waals surface area contributed by atoms with Crippen LogP contribution in [0.1, 0.15) is 12.0 Å². The Balaban J connectivity index is 2.22. The lowest BCUT2D eigenvalue weighted by molar-refractivity contribution is 0.281. The number of aliphatic hydroxyl groups excluding tert-OH is 3. The van der Waals surface area contributed by atoms with Gasteiger partial charge >= 0.3 is 0 Å². The number of allylic oxidation sites excluding steroid dienone is 2. The summed E-state index contributed by atoms with van der Waals surface area (Å²) in [6, 6.07) is 5.71. The van der Waals surface area contributed by atoms with Crippen LogP contribution in [0.5, 0.6) is 0 Å². The van der Waals surface area contributed by atoms with Crippen molar-refractivity contribution in [2.24, 2.45) is 4.99 Å². The van der Waals surface area contributed by atoms with Crippen LogP contribution in [-0.4, -0.2) is 60.6 Å². The minimum absolute atomic E-state index is 0.0192. The molecule has 0 saturated carbocycles. The summed E-state index contributed by atoms with van der Waals surface area (Å²) in [6.45, 7) is 1.32. The molecule has 0 atom stereocenters. The van der Waals surface area contributed by atoms with E-state index in [0.717, 1.165) is 27.5 Å². The first-order chi connectivity index (χ1) is 11.7. The van der Waals surface area contributed by atoms with Crippen molar-refractivity contribution >= 4 is 33.9 Å². The van der Waals surface area contributed by atoms with Crippen molar-refractivity contribution in [2.75, 3.05) is 50.1 Å². The lowest BCUT2D eigenvalue weighted by atomic mass is 10.1. The number of benzene rings is 1. The summed E-state index contributed by atoms with van der Waals surface area (Å²) >= 11 is 1.57. The molecule has 0 unspecified atom stereocenters. The van der Waals surface area contributed by atoms with Crippen LogP contribution < -0.4 is 10.6 Å². The molecule has 6 nitrogen and oxygen atoms in total. The first-order valence-corrected chi connectivity index (χ1v) is 8.65. The van der Waals surface area contributed by atoms with Crippen molar-refractivity contribution < 1.29 is 15.3 Å². The number of nitrogens with two attached hydrogens (primary N) is 1. The highest BCUT2D eigenvalue weighted by atomic mass is 32.2. The molecule has 2 rings (SSSR count). The van der Waals surface area contributed by atoms with Crippen LogP contribution in [0.15, 0.2) is 34.2 Å². The van der Waals surface area contributed by atoms with Gasteiger partial charge in [0.2, 0.25) is 0 Å². The molecular formula is C17H23N3O3S. The Hall–Kier alpha value is -1.76. The Morgan fingerprint density at radius 1 is 1.17 bits per heavy atom. The molecule has 1 aromatic carbocycles. The van der Waals surface area contributed by atoms with Crippen molar-refractivity contribution in [1.29, 1.82) is 0 Å². The Labute approximate surface area is 146 Å². The maximum Gasteiger partial charge on any atom is 0.0715 e. The summed E-state index contributed by atoms with van der Waals surface area (Å²) in [7, 11) is 0. The van der Waals surface area contributed by atoms with E-state index < -0.39 is 0 Å². The number of hydrogen-bond acceptors (Lipinski definition) is 7. The summed E-state index contributed by atoms with van der Waals surface area (Å²) in [5.74, 6) is 2.95. The van der Waals surface area contributed by atoms with Gasteiger partial charge < -0.3 is 26.0 Å². The lowest BCUT2D eigenvalue weighted by Gasteiger charge is -2.24. The van der Waals surface area contributed by atoms with Crippen LogP contribution in [0.25, 0.3) is 4.91 Å². The number of hydrogen-bond donors (Lipinski definition) is 4. The normalized spacial score (nSPS) is 13.6. The van der Waals surface area contributed by atoms with Crippen LogP contribution in [0.3, 0.4) is 0 Å². The molecular weight excluding hydrogens is 326 g/mol. The van der Waals surface area contributed by atoms with Gasteiger partial charge in [-0.15, -0.1) is 0 Å². The van der Waals surface area contributed by atoms with E-state index >= 15 is 0 Å². The molecule has 0 radical (unpaired) electrons. The number of nitrogens with zero attached hydrogens (tertiary/aromatic N) is 2. The third-order valence-electron chi connectivity index (χ3n) is 3.53. The fraction of sp³-hybridized carbons (Fsp3) is 0.412. The highest BCUT2D eigenvalue weighted by Gasteiger charge is 2.17. The van der Waals surface area contributed by atoms with E-state index in [2.05, 4.69) is 16.9 Å². The summed E-state index contributed by atoms with van der Waals surface area (Å²) in [5, 5.41) is 27.1. The Morgan fingerprint density at radius 3 is 2.58 bits per heavy atom. The fourth-order valence-corrected chi connectivity index (χ4v) is 3.39. The molecule has 0 aromatic heterocycles. The van der Waals surface area contributed by atoms with Gasteiger partial charge in [0.05, 0.1) is 31.3 Å². The fourth-order valence-electron chi connectivity index (χ4n) is 2.39. The SMILES string of the molecule is Nc1ccc(N(CCO)CCO)cc1C1=CCC(=C=NCCO)S1.